The molecular formula is C43H26N3O-. The molecule has 0 saturated heterocycles. The Bertz CT molecular complexity index is 2710. The standard InChI is InChI=1S/C43H26N3O/c1-2-9-27(10-3-1)34-23-21-29-18-19-30-22-24-35(45-41(30)40(29)44-34)28-14-16-31(17-15-28)42-43-39(33-12-6-7-13-37(33)47-43)38-32-11-5-4-8-26(32)20-25-36(38)46-42/h1-25,34H/q-1. The lowest BCUT2D eigenvalue weighted by Crippen LogP contribution is -1.98. The van der Waals surface area contributed by atoms with Crippen molar-refractivity contribution in [3.05, 3.63) is 162 Å². The highest BCUT2D eigenvalue weighted by molar-refractivity contribution is 6.27. The largest absolute Gasteiger partial charge is 0.673 e. The van der Waals surface area contributed by atoms with E-state index in [9.17, 15) is 0 Å². The van der Waals surface area contributed by atoms with E-state index in [1.54, 1.807) is 0 Å². The Kier molecular flexibility index (Phi) is 5.60. The Labute approximate surface area is 270 Å². The van der Waals surface area contributed by atoms with Crippen molar-refractivity contribution in [1.29, 1.82) is 0 Å². The fourth-order valence-electron chi connectivity index (χ4n) is 7.08. The third-order valence-corrected chi connectivity index (χ3v) is 9.39. The van der Waals surface area contributed by atoms with Crippen LogP contribution in [0.2, 0.25) is 0 Å². The summed E-state index contributed by atoms with van der Waals surface area (Å²) in [5, 5.41) is 11.9. The molecule has 4 heteroatoms. The maximum absolute atomic E-state index is 6.56. The molecule has 0 N–H and O–H groups in total. The van der Waals surface area contributed by atoms with Gasteiger partial charge in [-0.1, -0.05) is 145 Å². The summed E-state index contributed by atoms with van der Waals surface area (Å²) in [4.78, 5) is 10.4. The van der Waals surface area contributed by atoms with E-state index in [4.69, 9.17) is 19.7 Å². The van der Waals surface area contributed by atoms with Crippen molar-refractivity contribution in [2.75, 3.05) is 0 Å². The van der Waals surface area contributed by atoms with E-state index in [1.165, 1.54) is 16.3 Å². The van der Waals surface area contributed by atoms with Gasteiger partial charge in [-0.3, -0.25) is 0 Å². The smallest absolute Gasteiger partial charge is 0.162 e. The number of nitrogens with zero attached hydrogens (tertiary/aromatic N) is 3. The zero-order valence-electron chi connectivity index (χ0n) is 25.3. The summed E-state index contributed by atoms with van der Waals surface area (Å²) in [6, 6.07) is 48.4. The van der Waals surface area contributed by atoms with Gasteiger partial charge in [-0.15, -0.1) is 5.69 Å². The molecule has 10 rings (SSSR count). The molecule has 0 amide bonds. The van der Waals surface area contributed by atoms with Gasteiger partial charge < -0.3 is 9.73 Å². The van der Waals surface area contributed by atoms with Gasteiger partial charge in [0.1, 0.15) is 11.3 Å². The second kappa shape index (κ2) is 10.1. The Morgan fingerprint density at radius 1 is 0.574 bits per heavy atom. The van der Waals surface area contributed by atoms with Gasteiger partial charge in [0.05, 0.1) is 16.7 Å². The van der Waals surface area contributed by atoms with Crippen molar-refractivity contribution in [1.82, 2.24) is 9.97 Å². The molecule has 0 bridgehead atoms. The maximum atomic E-state index is 6.56. The average Bonchev–Trinajstić information content (AvgIpc) is 3.54. The number of pyridine rings is 2. The topological polar surface area (TPSA) is 53.0 Å². The van der Waals surface area contributed by atoms with Crippen LogP contribution in [0.3, 0.4) is 0 Å². The van der Waals surface area contributed by atoms with Crippen LogP contribution in [0, 0.1) is 0 Å². The van der Waals surface area contributed by atoms with Gasteiger partial charge in [-0.2, -0.15) is 0 Å². The predicted molar refractivity (Wildman–Crippen MR) is 194 cm³/mol. The average molecular weight is 601 g/mol. The quantitative estimate of drug-likeness (QED) is 0.190. The minimum atomic E-state index is -0.0263. The second-order valence-corrected chi connectivity index (χ2v) is 12.1. The molecule has 1 aliphatic rings. The lowest BCUT2D eigenvalue weighted by molar-refractivity contribution is 0.669. The SMILES string of the molecule is C1=CC(c2ccccc2)[N-]c2c1ccc1ccc(-c3ccc(-c4nc5ccc6ccccc6c5c5c4oc4ccccc45)cc3)nc21. The zero-order chi connectivity index (χ0) is 30.9. The Balaban J connectivity index is 1.09. The number of para-hydroxylation sites is 1. The van der Waals surface area contributed by atoms with Crippen LogP contribution in [0.1, 0.15) is 17.2 Å². The third kappa shape index (κ3) is 4.08. The molecule has 6 aromatic carbocycles. The van der Waals surface area contributed by atoms with Crippen LogP contribution in [-0.2, 0) is 0 Å². The van der Waals surface area contributed by atoms with Gasteiger partial charge in [0, 0.05) is 27.3 Å². The molecule has 47 heavy (non-hydrogen) atoms. The molecule has 0 saturated carbocycles. The monoisotopic (exact) mass is 600 g/mol. The van der Waals surface area contributed by atoms with E-state index >= 15 is 0 Å². The van der Waals surface area contributed by atoms with Gasteiger partial charge in [-0.05, 0) is 39.9 Å². The van der Waals surface area contributed by atoms with Crippen LogP contribution >= 0.6 is 0 Å². The maximum Gasteiger partial charge on any atom is 0.162 e. The molecule has 9 aromatic rings. The third-order valence-electron chi connectivity index (χ3n) is 9.39. The summed E-state index contributed by atoms with van der Waals surface area (Å²) < 4.78 is 6.56. The van der Waals surface area contributed by atoms with Crippen LogP contribution < -0.4 is 0 Å². The number of hydrogen-bond acceptors (Lipinski definition) is 3. The second-order valence-electron chi connectivity index (χ2n) is 12.1. The molecular weight excluding hydrogens is 574 g/mol. The molecule has 0 spiro atoms. The van der Waals surface area contributed by atoms with E-state index in [0.717, 1.165) is 77.5 Å². The van der Waals surface area contributed by atoms with Crippen LogP contribution in [-0.4, -0.2) is 9.97 Å². The number of rotatable bonds is 3. The lowest BCUT2D eigenvalue weighted by atomic mass is 9.97. The number of benzene rings is 6. The first-order valence-electron chi connectivity index (χ1n) is 15.9. The van der Waals surface area contributed by atoms with E-state index in [-0.39, 0.29) is 6.04 Å². The summed E-state index contributed by atoms with van der Waals surface area (Å²) in [6.07, 6.45) is 4.33. The van der Waals surface area contributed by atoms with Crippen LogP contribution in [0.25, 0.3) is 88.4 Å². The Morgan fingerprint density at radius 2 is 1.32 bits per heavy atom. The van der Waals surface area contributed by atoms with Crippen molar-refractivity contribution < 1.29 is 4.42 Å². The number of fused-ring (bicyclic) bond motifs is 10. The van der Waals surface area contributed by atoms with Gasteiger partial charge >= 0.3 is 0 Å². The first-order valence-corrected chi connectivity index (χ1v) is 15.9. The summed E-state index contributed by atoms with van der Waals surface area (Å²) in [5.74, 6) is 0. The van der Waals surface area contributed by atoms with Crippen molar-refractivity contribution in [2.24, 2.45) is 0 Å². The Hall–Kier alpha value is -6.26. The highest BCUT2D eigenvalue weighted by Gasteiger charge is 2.19. The van der Waals surface area contributed by atoms with Crippen molar-refractivity contribution in [3.8, 4) is 22.5 Å². The van der Waals surface area contributed by atoms with Crippen molar-refractivity contribution >= 4 is 66.3 Å². The van der Waals surface area contributed by atoms with Crippen LogP contribution in [0.15, 0.2) is 150 Å². The highest BCUT2D eigenvalue weighted by Crippen LogP contribution is 2.45. The van der Waals surface area contributed by atoms with Crippen molar-refractivity contribution in [3.63, 3.8) is 0 Å². The first kappa shape index (κ1) is 26.0. The molecule has 4 heterocycles. The summed E-state index contributed by atoms with van der Waals surface area (Å²) in [6.45, 7) is 0. The van der Waals surface area contributed by atoms with Gasteiger partial charge in [0.25, 0.3) is 0 Å². The van der Waals surface area contributed by atoms with E-state index in [1.807, 2.05) is 18.2 Å². The highest BCUT2D eigenvalue weighted by atomic mass is 16.3. The molecule has 0 aliphatic carbocycles. The molecule has 1 aliphatic heterocycles. The van der Waals surface area contributed by atoms with Crippen LogP contribution in [0.4, 0.5) is 5.69 Å². The van der Waals surface area contributed by atoms with E-state index in [2.05, 4.69) is 133 Å². The predicted octanol–water partition coefficient (Wildman–Crippen LogP) is 11.9. The van der Waals surface area contributed by atoms with Crippen LogP contribution in [0.5, 0.6) is 0 Å². The minimum absolute atomic E-state index is 0.0263. The molecule has 0 radical (unpaired) electrons. The lowest BCUT2D eigenvalue weighted by Gasteiger charge is -2.37. The molecule has 3 aromatic heterocycles. The molecule has 1 atom stereocenters. The molecule has 4 nitrogen and oxygen atoms in total. The summed E-state index contributed by atoms with van der Waals surface area (Å²) in [7, 11) is 0. The summed E-state index contributed by atoms with van der Waals surface area (Å²) in [5.41, 5.74) is 10.5. The number of aromatic nitrogens is 2. The fraction of sp³-hybridized carbons (Fsp3) is 0.0233. The van der Waals surface area contributed by atoms with Gasteiger partial charge in [-0.25, -0.2) is 9.97 Å². The first-order chi connectivity index (χ1) is 23.3. The minimum Gasteiger partial charge on any atom is -0.673 e. The zero-order valence-corrected chi connectivity index (χ0v) is 25.3. The number of furan rings is 1. The molecule has 0 fully saturated rings. The molecule has 220 valence electrons. The van der Waals surface area contributed by atoms with E-state index in [0.29, 0.717) is 0 Å². The van der Waals surface area contributed by atoms with Crippen molar-refractivity contribution in [2.45, 2.75) is 6.04 Å². The fourth-order valence-corrected chi connectivity index (χ4v) is 7.08. The molecule has 1 unspecified atom stereocenters. The number of hydrogen-bond donors (Lipinski definition) is 0. The van der Waals surface area contributed by atoms with E-state index < -0.39 is 0 Å². The van der Waals surface area contributed by atoms with Gasteiger partial charge in [0.15, 0.2) is 5.58 Å². The van der Waals surface area contributed by atoms with Gasteiger partial charge in [0.2, 0.25) is 0 Å². The normalized spacial score (nSPS) is 14.3. The summed E-state index contributed by atoms with van der Waals surface area (Å²) >= 11 is 0. The Morgan fingerprint density at radius 3 is 2.21 bits per heavy atom.